The SMILES string of the molecule is CCN(NC(=O)c1ccc(CNC(=O)c2ccccc2)cc1)C(=O)OC(C)(C)C. The van der Waals surface area contributed by atoms with Gasteiger partial charge in [-0.1, -0.05) is 30.3 Å². The van der Waals surface area contributed by atoms with Crippen molar-refractivity contribution in [2.24, 2.45) is 0 Å². The molecule has 29 heavy (non-hydrogen) atoms. The molecule has 0 saturated heterocycles. The van der Waals surface area contributed by atoms with Crippen molar-refractivity contribution in [3.8, 4) is 0 Å². The molecule has 0 aromatic heterocycles. The van der Waals surface area contributed by atoms with Crippen molar-refractivity contribution in [1.29, 1.82) is 0 Å². The summed E-state index contributed by atoms with van der Waals surface area (Å²) in [6.45, 7) is 7.63. The minimum atomic E-state index is -0.652. The Morgan fingerprint density at radius 3 is 2.03 bits per heavy atom. The second-order valence-electron chi connectivity index (χ2n) is 7.41. The van der Waals surface area contributed by atoms with Crippen LogP contribution in [-0.4, -0.2) is 35.1 Å². The minimum Gasteiger partial charge on any atom is -0.442 e. The Hall–Kier alpha value is -3.35. The molecule has 0 bridgehead atoms. The number of nitrogens with one attached hydrogen (secondary N) is 2. The molecular weight excluding hydrogens is 370 g/mol. The molecule has 0 fully saturated rings. The zero-order valence-electron chi connectivity index (χ0n) is 17.2. The van der Waals surface area contributed by atoms with Crippen LogP contribution in [0.15, 0.2) is 54.6 Å². The van der Waals surface area contributed by atoms with E-state index in [1.165, 1.54) is 0 Å². The average Bonchev–Trinajstić information content (AvgIpc) is 2.69. The number of hydrogen-bond donors (Lipinski definition) is 2. The number of rotatable bonds is 5. The predicted molar refractivity (Wildman–Crippen MR) is 110 cm³/mol. The fourth-order valence-corrected chi connectivity index (χ4v) is 2.41. The third-order valence-electron chi connectivity index (χ3n) is 3.87. The molecule has 2 aromatic carbocycles. The van der Waals surface area contributed by atoms with E-state index in [4.69, 9.17) is 4.74 Å². The normalized spacial score (nSPS) is 10.8. The molecule has 0 aliphatic carbocycles. The van der Waals surface area contributed by atoms with Crippen LogP contribution in [0.3, 0.4) is 0 Å². The second-order valence-corrected chi connectivity index (χ2v) is 7.41. The number of carbonyl (C=O) groups excluding carboxylic acids is 3. The van der Waals surface area contributed by atoms with E-state index in [-0.39, 0.29) is 12.5 Å². The van der Waals surface area contributed by atoms with Crippen LogP contribution in [0.4, 0.5) is 4.79 Å². The molecule has 0 unspecified atom stereocenters. The van der Waals surface area contributed by atoms with Gasteiger partial charge in [0.1, 0.15) is 5.60 Å². The zero-order valence-corrected chi connectivity index (χ0v) is 17.2. The topological polar surface area (TPSA) is 87.7 Å². The van der Waals surface area contributed by atoms with Gasteiger partial charge in [0.05, 0.1) is 0 Å². The first-order valence-electron chi connectivity index (χ1n) is 9.43. The highest BCUT2D eigenvalue weighted by atomic mass is 16.6. The summed E-state index contributed by atoms with van der Waals surface area (Å²) in [6.07, 6.45) is -0.617. The fourth-order valence-electron chi connectivity index (χ4n) is 2.41. The van der Waals surface area contributed by atoms with Crippen LogP contribution >= 0.6 is 0 Å². The molecule has 3 amide bonds. The lowest BCUT2D eigenvalue weighted by atomic mass is 10.1. The van der Waals surface area contributed by atoms with Crippen LogP contribution in [0, 0.1) is 0 Å². The Kier molecular flexibility index (Phi) is 7.36. The van der Waals surface area contributed by atoms with Gasteiger partial charge >= 0.3 is 6.09 Å². The highest BCUT2D eigenvalue weighted by Gasteiger charge is 2.22. The van der Waals surface area contributed by atoms with E-state index >= 15 is 0 Å². The maximum absolute atomic E-state index is 12.4. The van der Waals surface area contributed by atoms with Crippen molar-refractivity contribution in [2.45, 2.75) is 39.8 Å². The van der Waals surface area contributed by atoms with Crippen molar-refractivity contribution >= 4 is 17.9 Å². The van der Waals surface area contributed by atoms with Crippen molar-refractivity contribution in [3.63, 3.8) is 0 Å². The van der Waals surface area contributed by atoms with Crippen molar-refractivity contribution in [1.82, 2.24) is 15.8 Å². The van der Waals surface area contributed by atoms with E-state index in [0.29, 0.717) is 17.7 Å². The summed E-state index contributed by atoms with van der Waals surface area (Å²) in [5.41, 5.74) is 3.73. The maximum Gasteiger partial charge on any atom is 0.429 e. The van der Waals surface area contributed by atoms with E-state index in [2.05, 4.69) is 10.7 Å². The van der Waals surface area contributed by atoms with Gasteiger partial charge in [0.15, 0.2) is 0 Å². The monoisotopic (exact) mass is 397 g/mol. The molecular formula is C22H27N3O4. The van der Waals surface area contributed by atoms with Crippen LogP contribution in [0.5, 0.6) is 0 Å². The molecule has 2 rings (SSSR count). The average molecular weight is 397 g/mol. The molecule has 0 radical (unpaired) electrons. The van der Waals surface area contributed by atoms with Gasteiger partial charge in [0.2, 0.25) is 0 Å². The number of ether oxygens (including phenoxy) is 1. The number of hydrogen-bond acceptors (Lipinski definition) is 4. The van der Waals surface area contributed by atoms with E-state index in [1.807, 2.05) is 6.07 Å². The van der Waals surface area contributed by atoms with Crippen LogP contribution in [0.25, 0.3) is 0 Å². The number of hydrazine groups is 1. The summed E-state index contributed by atoms with van der Waals surface area (Å²) >= 11 is 0. The lowest BCUT2D eigenvalue weighted by molar-refractivity contribution is 0.0146. The Bertz CT molecular complexity index is 843. The summed E-state index contributed by atoms with van der Waals surface area (Å²) in [6, 6.07) is 15.7. The third kappa shape index (κ3) is 6.95. The van der Waals surface area contributed by atoms with Crippen molar-refractivity contribution in [3.05, 3.63) is 71.3 Å². The molecule has 7 nitrogen and oxygen atoms in total. The minimum absolute atomic E-state index is 0.164. The molecule has 0 saturated carbocycles. The van der Waals surface area contributed by atoms with Crippen LogP contribution in [-0.2, 0) is 11.3 Å². The zero-order chi connectivity index (χ0) is 21.4. The Morgan fingerprint density at radius 1 is 0.897 bits per heavy atom. The van der Waals surface area contributed by atoms with Crippen molar-refractivity contribution in [2.75, 3.05) is 6.54 Å². The number of amides is 3. The van der Waals surface area contributed by atoms with Crippen LogP contribution < -0.4 is 10.7 Å². The maximum atomic E-state index is 12.4. The van der Waals surface area contributed by atoms with E-state index in [9.17, 15) is 14.4 Å². The molecule has 154 valence electrons. The van der Waals surface area contributed by atoms with Gasteiger partial charge in [-0.3, -0.25) is 15.0 Å². The molecule has 0 atom stereocenters. The van der Waals surface area contributed by atoms with Gasteiger partial charge in [0, 0.05) is 24.2 Å². The standard InChI is InChI=1S/C22H27N3O4/c1-5-25(21(28)29-22(2,3)4)24-20(27)18-13-11-16(12-14-18)15-23-19(26)17-9-7-6-8-10-17/h6-14H,5,15H2,1-4H3,(H,23,26)(H,24,27). The molecule has 2 N–H and O–H groups in total. The number of carbonyl (C=O) groups is 3. The molecule has 0 aliphatic rings. The van der Waals surface area contributed by atoms with Crippen LogP contribution in [0.2, 0.25) is 0 Å². The Labute approximate surface area is 171 Å². The van der Waals surface area contributed by atoms with Gasteiger partial charge in [0.25, 0.3) is 11.8 Å². The highest BCUT2D eigenvalue weighted by Crippen LogP contribution is 2.10. The van der Waals surface area contributed by atoms with Gasteiger partial charge in [-0.05, 0) is 57.5 Å². The fraction of sp³-hybridized carbons (Fsp3) is 0.318. The van der Waals surface area contributed by atoms with E-state index < -0.39 is 17.6 Å². The first-order chi connectivity index (χ1) is 13.7. The largest absolute Gasteiger partial charge is 0.442 e. The number of benzene rings is 2. The van der Waals surface area contributed by atoms with Crippen LogP contribution in [0.1, 0.15) is 54.0 Å². The molecule has 0 aliphatic heterocycles. The summed E-state index contributed by atoms with van der Waals surface area (Å²) in [4.78, 5) is 36.6. The first-order valence-corrected chi connectivity index (χ1v) is 9.43. The Morgan fingerprint density at radius 2 is 1.48 bits per heavy atom. The first kappa shape index (κ1) is 21.9. The van der Waals surface area contributed by atoms with Gasteiger partial charge in [-0.15, -0.1) is 0 Å². The van der Waals surface area contributed by atoms with Gasteiger partial charge in [-0.25, -0.2) is 9.80 Å². The smallest absolute Gasteiger partial charge is 0.429 e. The predicted octanol–water partition coefficient (Wildman–Crippen LogP) is 3.52. The third-order valence-corrected chi connectivity index (χ3v) is 3.87. The molecule has 0 heterocycles. The Balaban J connectivity index is 1.92. The van der Waals surface area contributed by atoms with Gasteiger partial charge < -0.3 is 10.1 Å². The highest BCUT2D eigenvalue weighted by molar-refractivity contribution is 5.95. The lowest BCUT2D eigenvalue weighted by Gasteiger charge is -2.26. The van der Waals surface area contributed by atoms with Crippen molar-refractivity contribution < 1.29 is 19.1 Å². The molecule has 7 heteroatoms. The van der Waals surface area contributed by atoms with E-state index in [0.717, 1.165) is 10.6 Å². The number of nitrogens with zero attached hydrogens (tertiary/aromatic N) is 1. The summed E-state index contributed by atoms with van der Waals surface area (Å²) in [7, 11) is 0. The molecule has 0 spiro atoms. The summed E-state index contributed by atoms with van der Waals surface area (Å²) < 4.78 is 5.27. The second kappa shape index (κ2) is 9.73. The lowest BCUT2D eigenvalue weighted by Crippen LogP contribution is -2.48. The van der Waals surface area contributed by atoms with E-state index in [1.54, 1.807) is 76.2 Å². The quantitative estimate of drug-likeness (QED) is 0.756. The van der Waals surface area contributed by atoms with Gasteiger partial charge in [-0.2, -0.15) is 0 Å². The summed E-state index contributed by atoms with van der Waals surface area (Å²) in [5, 5.41) is 3.96. The summed E-state index contributed by atoms with van der Waals surface area (Å²) in [5.74, 6) is -0.582. The molecule has 2 aromatic rings.